The van der Waals surface area contributed by atoms with Gasteiger partial charge in [0.15, 0.2) is 5.78 Å². The minimum Gasteiger partial charge on any atom is -0.298 e. The van der Waals surface area contributed by atoms with Crippen molar-refractivity contribution in [1.29, 1.82) is 0 Å². The lowest BCUT2D eigenvalue weighted by molar-refractivity contribution is -0.125. The van der Waals surface area contributed by atoms with Gasteiger partial charge in [0.1, 0.15) is 0 Å². The van der Waals surface area contributed by atoms with Crippen LogP contribution in [0, 0.1) is 0 Å². The molecule has 0 atom stereocenters. The van der Waals surface area contributed by atoms with E-state index in [9.17, 15) is 4.79 Å². The fourth-order valence-corrected chi connectivity index (χ4v) is 3.23. The standard InChI is InChI=1S/C12H21NO/c1-2-13-10-7-11(14)12(13)8-5-3-4-6-9-12/h2-10H2,1H3. The Hall–Kier alpha value is -0.370. The van der Waals surface area contributed by atoms with Gasteiger partial charge in [-0.15, -0.1) is 0 Å². The number of hydrogen-bond acceptors (Lipinski definition) is 2. The molecular formula is C12H21NO. The van der Waals surface area contributed by atoms with E-state index in [2.05, 4.69) is 11.8 Å². The lowest BCUT2D eigenvalue weighted by Crippen LogP contribution is -2.47. The molecule has 1 saturated carbocycles. The minimum absolute atomic E-state index is 0.0226. The maximum absolute atomic E-state index is 12.0. The van der Waals surface area contributed by atoms with Crippen molar-refractivity contribution in [3.05, 3.63) is 0 Å². The molecule has 0 aromatic rings. The second-order valence-electron chi connectivity index (χ2n) is 4.70. The number of carbonyl (C=O) groups excluding carboxylic acids is 1. The van der Waals surface area contributed by atoms with Gasteiger partial charge in [-0.05, 0) is 19.4 Å². The average molecular weight is 195 g/mol. The van der Waals surface area contributed by atoms with E-state index in [1.54, 1.807) is 0 Å². The van der Waals surface area contributed by atoms with E-state index in [4.69, 9.17) is 0 Å². The van der Waals surface area contributed by atoms with Gasteiger partial charge in [-0.1, -0.05) is 32.6 Å². The maximum atomic E-state index is 12.0. The number of likely N-dealkylation sites (tertiary alicyclic amines) is 1. The van der Waals surface area contributed by atoms with Crippen LogP contribution in [0.3, 0.4) is 0 Å². The monoisotopic (exact) mass is 195 g/mol. The molecule has 0 bridgehead atoms. The van der Waals surface area contributed by atoms with E-state index in [0.717, 1.165) is 32.4 Å². The molecule has 2 fully saturated rings. The molecule has 0 aromatic carbocycles. The predicted octanol–water partition coefficient (Wildman–Crippen LogP) is 2.37. The first-order valence-electron chi connectivity index (χ1n) is 6.08. The van der Waals surface area contributed by atoms with Crippen molar-refractivity contribution in [3.63, 3.8) is 0 Å². The van der Waals surface area contributed by atoms with Gasteiger partial charge in [-0.3, -0.25) is 9.69 Å². The van der Waals surface area contributed by atoms with E-state index in [1.807, 2.05) is 0 Å². The van der Waals surface area contributed by atoms with E-state index in [1.165, 1.54) is 25.7 Å². The zero-order chi connectivity index (χ0) is 10.0. The molecule has 0 aromatic heterocycles. The van der Waals surface area contributed by atoms with Crippen LogP contribution in [0.25, 0.3) is 0 Å². The molecular weight excluding hydrogens is 174 g/mol. The van der Waals surface area contributed by atoms with Crippen molar-refractivity contribution in [1.82, 2.24) is 4.90 Å². The van der Waals surface area contributed by atoms with E-state index in [0.29, 0.717) is 5.78 Å². The van der Waals surface area contributed by atoms with Gasteiger partial charge in [-0.2, -0.15) is 0 Å². The number of Topliss-reactive ketones (excluding diaryl/α,β-unsaturated/α-hetero) is 1. The first kappa shape index (κ1) is 10.2. The molecule has 80 valence electrons. The van der Waals surface area contributed by atoms with Gasteiger partial charge < -0.3 is 0 Å². The molecule has 0 unspecified atom stereocenters. The van der Waals surface area contributed by atoms with Crippen LogP contribution in [0.2, 0.25) is 0 Å². The Bertz CT molecular complexity index is 216. The topological polar surface area (TPSA) is 20.3 Å². The van der Waals surface area contributed by atoms with E-state index >= 15 is 0 Å². The lowest BCUT2D eigenvalue weighted by Gasteiger charge is -2.35. The molecule has 1 aliphatic heterocycles. The molecule has 0 amide bonds. The van der Waals surface area contributed by atoms with Gasteiger partial charge >= 0.3 is 0 Å². The van der Waals surface area contributed by atoms with Crippen LogP contribution >= 0.6 is 0 Å². The molecule has 1 heterocycles. The zero-order valence-electron chi connectivity index (χ0n) is 9.22. The number of likely N-dealkylation sites (N-methyl/N-ethyl adjacent to an activating group) is 1. The normalized spacial score (nSPS) is 28.2. The molecule has 1 saturated heterocycles. The van der Waals surface area contributed by atoms with Crippen LogP contribution in [0.15, 0.2) is 0 Å². The maximum Gasteiger partial charge on any atom is 0.154 e. The van der Waals surface area contributed by atoms with Gasteiger partial charge in [0.25, 0.3) is 0 Å². The smallest absolute Gasteiger partial charge is 0.154 e. The highest BCUT2D eigenvalue weighted by Crippen LogP contribution is 2.37. The molecule has 0 radical (unpaired) electrons. The molecule has 2 aliphatic rings. The SMILES string of the molecule is CCN1CCC(=O)C12CCCCCC2. The Labute approximate surface area is 86.7 Å². The third-order valence-electron chi connectivity index (χ3n) is 4.05. The number of nitrogens with zero attached hydrogens (tertiary/aromatic N) is 1. The molecule has 2 nitrogen and oxygen atoms in total. The van der Waals surface area contributed by atoms with Crippen molar-refractivity contribution < 1.29 is 4.79 Å². The second kappa shape index (κ2) is 4.01. The highest BCUT2D eigenvalue weighted by Gasteiger charge is 2.46. The summed E-state index contributed by atoms with van der Waals surface area (Å²) in [4.78, 5) is 14.5. The van der Waals surface area contributed by atoms with Crippen molar-refractivity contribution >= 4 is 5.78 Å². The lowest BCUT2D eigenvalue weighted by atomic mass is 9.86. The van der Waals surface area contributed by atoms with Crippen molar-refractivity contribution in [2.75, 3.05) is 13.1 Å². The fourth-order valence-electron chi connectivity index (χ4n) is 3.23. The molecule has 14 heavy (non-hydrogen) atoms. The Morgan fingerprint density at radius 3 is 2.43 bits per heavy atom. The van der Waals surface area contributed by atoms with Crippen molar-refractivity contribution in [2.45, 2.75) is 57.4 Å². The third-order valence-corrected chi connectivity index (χ3v) is 4.05. The van der Waals surface area contributed by atoms with Crippen LogP contribution in [0.5, 0.6) is 0 Å². The van der Waals surface area contributed by atoms with Crippen LogP contribution in [0.4, 0.5) is 0 Å². The van der Waals surface area contributed by atoms with Gasteiger partial charge in [0.05, 0.1) is 5.54 Å². The third kappa shape index (κ3) is 1.50. The summed E-state index contributed by atoms with van der Waals surface area (Å²) < 4.78 is 0. The molecule has 2 heteroatoms. The first-order valence-corrected chi connectivity index (χ1v) is 6.08. The molecule has 2 rings (SSSR count). The quantitative estimate of drug-likeness (QED) is 0.640. The summed E-state index contributed by atoms with van der Waals surface area (Å²) in [6.07, 6.45) is 8.21. The summed E-state index contributed by atoms with van der Waals surface area (Å²) in [6.45, 7) is 4.24. The highest BCUT2D eigenvalue weighted by atomic mass is 16.1. The van der Waals surface area contributed by atoms with Crippen LogP contribution in [-0.4, -0.2) is 29.3 Å². The minimum atomic E-state index is -0.0226. The first-order chi connectivity index (χ1) is 6.79. The van der Waals surface area contributed by atoms with E-state index < -0.39 is 0 Å². The van der Waals surface area contributed by atoms with Gasteiger partial charge in [0.2, 0.25) is 0 Å². The Kier molecular flexibility index (Phi) is 2.91. The highest BCUT2D eigenvalue weighted by molar-refractivity contribution is 5.90. The van der Waals surface area contributed by atoms with Crippen LogP contribution in [0.1, 0.15) is 51.9 Å². The number of rotatable bonds is 1. The second-order valence-corrected chi connectivity index (χ2v) is 4.70. The van der Waals surface area contributed by atoms with Gasteiger partial charge in [0, 0.05) is 13.0 Å². The summed E-state index contributed by atoms with van der Waals surface area (Å²) in [5.41, 5.74) is -0.0226. The predicted molar refractivity (Wildman–Crippen MR) is 57.3 cm³/mol. The molecule has 1 spiro atoms. The number of hydrogen-bond donors (Lipinski definition) is 0. The van der Waals surface area contributed by atoms with Gasteiger partial charge in [-0.25, -0.2) is 0 Å². The zero-order valence-corrected chi connectivity index (χ0v) is 9.22. The van der Waals surface area contributed by atoms with E-state index in [-0.39, 0.29) is 5.54 Å². The molecule has 0 N–H and O–H groups in total. The number of ketones is 1. The molecule has 1 aliphatic carbocycles. The van der Waals surface area contributed by atoms with Crippen molar-refractivity contribution in [3.8, 4) is 0 Å². The largest absolute Gasteiger partial charge is 0.298 e. The van der Waals surface area contributed by atoms with Crippen molar-refractivity contribution in [2.24, 2.45) is 0 Å². The Morgan fingerprint density at radius 1 is 1.21 bits per heavy atom. The Balaban J connectivity index is 2.19. The summed E-state index contributed by atoms with van der Waals surface area (Å²) in [7, 11) is 0. The summed E-state index contributed by atoms with van der Waals surface area (Å²) in [6, 6.07) is 0. The van der Waals surface area contributed by atoms with Crippen LogP contribution < -0.4 is 0 Å². The summed E-state index contributed by atoms with van der Waals surface area (Å²) in [5, 5.41) is 0. The number of carbonyl (C=O) groups is 1. The summed E-state index contributed by atoms with van der Waals surface area (Å²) in [5.74, 6) is 0.529. The average Bonchev–Trinajstić information content (AvgIpc) is 2.42. The van der Waals surface area contributed by atoms with Crippen LogP contribution in [-0.2, 0) is 4.79 Å². The fraction of sp³-hybridized carbons (Fsp3) is 0.917. The summed E-state index contributed by atoms with van der Waals surface area (Å²) >= 11 is 0. The Morgan fingerprint density at radius 2 is 1.86 bits per heavy atom.